The molecule has 4 rings (SSSR count). The van der Waals surface area contributed by atoms with Gasteiger partial charge < -0.3 is 15.0 Å². The molecule has 184 valence electrons. The Balaban J connectivity index is 1.41. The van der Waals surface area contributed by atoms with Gasteiger partial charge in [0.2, 0.25) is 0 Å². The first-order chi connectivity index (χ1) is 17.5. The van der Waals surface area contributed by atoms with Crippen molar-refractivity contribution < 1.29 is 9.90 Å². The molecule has 0 bridgehead atoms. The van der Waals surface area contributed by atoms with Crippen molar-refractivity contribution in [2.24, 2.45) is 5.10 Å². The Bertz CT molecular complexity index is 1420. The summed E-state index contributed by atoms with van der Waals surface area (Å²) in [7, 11) is 0. The topological polar surface area (TPSA) is 104 Å². The van der Waals surface area contributed by atoms with Crippen molar-refractivity contribution in [2.75, 3.05) is 5.32 Å². The first-order valence-corrected chi connectivity index (χ1v) is 12.4. The predicted octanol–water partition coefficient (Wildman–Crippen LogP) is 5.22. The number of benzene rings is 3. The van der Waals surface area contributed by atoms with Crippen LogP contribution in [-0.2, 0) is 17.9 Å². The minimum Gasteiger partial charge on any atom is -0.507 e. The summed E-state index contributed by atoms with van der Waals surface area (Å²) in [4.78, 5) is 12.6. The number of nitrogens with zero attached hydrogens (tertiary/aromatic N) is 4. The Hall–Kier alpha value is -3.82. The number of halogens is 1. The lowest BCUT2D eigenvalue weighted by Crippen LogP contribution is -2.27. The zero-order valence-electron chi connectivity index (χ0n) is 19.6. The van der Waals surface area contributed by atoms with Crippen LogP contribution in [0.15, 0.2) is 83.6 Å². The van der Waals surface area contributed by atoms with Crippen molar-refractivity contribution in [1.29, 1.82) is 0 Å². The maximum Gasteiger partial charge on any atom is 0.253 e. The van der Waals surface area contributed by atoms with E-state index in [1.165, 1.54) is 24.0 Å². The van der Waals surface area contributed by atoms with Crippen molar-refractivity contribution in [3.8, 4) is 5.75 Å². The lowest BCUT2D eigenvalue weighted by molar-refractivity contribution is -0.120. The summed E-state index contributed by atoms with van der Waals surface area (Å²) < 4.78 is 1.92. The van der Waals surface area contributed by atoms with Gasteiger partial charge in [-0.05, 0) is 36.6 Å². The van der Waals surface area contributed by atoms with Crippen LogP contribution in [-0.4, -0.2) is 37.2 Å². The molecule has 0 spiro atoms. The normalized spacial score (nSPS) is 12.1. The molecular formula is C26H25ClN6O2S. The quantitative estimate of drug-likeness (QED) is 0.115. The third-order valence-electron chi connectivity index (χ3n) is 5.35. The van der Waals surface area contributed by atoms with Crippen LogP contribution < -0.4 is 10.7 Å². The monoisotopic (exact) mass is 520 g/mol. The molecule has 8 nitrogen and oxygen atoms in total. The van der Waals surface area contributed by atoms with Crippen molar-refractivity contribution in [3.05, 3.63) is 89.7 Å². The first-order valence-electron chi connectivity index (χ1n) is 11.2. The van der Waals surface area contributed by atoms with Crippen LogP contribution in [0, 0.1) is 0 Å². The molecule has 3 N–H and O–H groups in total. The largest absolute Gasteiger partial charge is 0.507 e. The van der Waals surface area contributed by atoms with Crippen molar-refractivity contribution in [2.45, 2.75) is 30.4 Å². The highest BCUT2D eigenvalue weighted by Crippen LogP contribution is 2.26. The molecule has 1 unspecified atom stereocenters. The summed E-state index contributed by atoms with van der Waals surface area (Å²) in [5, 5.41) is 28.7. The number of phenols is 1. The van der Waals surface area contributed by atoms with Crippen molar-refractivity contribution in [1.82, 2.24) is 20.2 Å². The molecule has 1 heterocycles. The number of hydrogen-bond donors (Lipinski definition) is 3. The van der Waals surface area contributed by atoms with E-state index in [1.807, 2.05) is 28.8 Å². The Morgan fingerprint density at radius 3 is 2.86 bits per heavy atom. The molecule has 0 aliphatic rings. The molecule has 0 fully saturated rings. The zero-order chi connectivity index (χ0) is 25.5. The van der Waals surface area contributed by atoms with E-state index in [0.29, 0.717) is 28.8 Å². The maximum absolute atomic E-state index is 12.6. The Morgan fingerprint density at radius 1 is 1.22 bits per heavy atom. The Kier molecular flexibility index (Phi) is 8.24. The van der Waals surface area contributed by atoms with Crippen LogP contribution in [0.2, 0.25) is 5.02 Å². The van der Waals surface area contributed by atoms with Crippen LogP contribution in [0.25, 0.3) is 10.8 Å². The van der Waals surface area contributed by atoms with Gasteiger partial charge in [0.05, 0.1) is 18.0 Å². The summed E-state index contributed by atoms with van der Waals surface area (Å²) >= 11 is 7.21. The molecule has 4 aromatic rings. The molecule has 36 heavy (non-hydrogen) atoms. The predicted molar refractivity (Wildman–Crippen MR) is 146 cm³/mol. The van der Waals surface area contributed by atoms with Gasteiger partial charge in [-0.2, -0.15) is 5.10 Å². The van der Waals surface area contributed by atoms with E-state index in [0.717, 1.165) is 22.3 Å². The van der Waals surface area contributed by atoms with E-state index in [9.17, 15) is 9.90 Å². The number of anilines is 1. The van der Waals surface area contributed by atoms with Gasteiger partial charge in [-0.25, -0.2) is 5.43 Å². The number of hydrogen-bond acceptors (Lipinski definition) is 7. The molecule has 0 aliphatic heterocycles. The second-order valence-electron chi connectivity index (χ2n) is 7.88. The second kappa shape index (κ2) is 11.7. The summed E-state index contributed by atoms with van der Waals surface area (Å²) in [6, 6.07) is 18.9. The van der Waals surface area contributed by atoms with Gasteiger partial charge in [-0.15, -0.1) is 16.8 Å². The molecule has 0 saturated heterocycles. The number of phenolic OH excluding ortho intramolecular Hbond substituents is 1. The van der Waals surface area contributed by atoms with Crippen LogP contribution >= 0.6 is 23.4 Å². The summed E-state index contributed by atoms with van der Waals surface area (Å²) in [6.45, 7) is 6.56. The van der Waals surface area contributed by atoms with Crippen LogP contribution in [0.4, 0.5) is 5.69 Å². The fourth-order valence-corrected chi connectivity index (χ4v) is 4.55. The highest BCUT2D eigenvalue weighted by molar-refractivity contribution is 8.00. The third kappa shape index (κ3) is 6.05. The minimum absolute atomic E-state index is 0.0157. The molecule has 1 amide bonds. The number of amides is 1. The highest BCUT2D eigenvalue weighted by Gasteiger charge is 2.20. The highest BCUT2D eigenvalue weighted by atomic mass is 35.5. The van der Waals surface area contributed by atoms with Gasteiger partial charge >= 0.3 is 0 Å². The Morgan fingerprint density at radius 2 is 2.03 bits per heavy atom. The minimum atomic E-state index is -0.498. The van der Waals surface area contributed by atoms with Crippen LogP contribution in [0.5, 0.6) is 5.75 Å². The molecular weight excluding hydrogens is 496 g/mol. The third-order valence-corrected chi connectivity index (χ3v) is 6.67. The number of fused-ring (bicyclic) bond motifs is 1. The first kappa shape index (κ1) is 25.3. The molecule has 0 saturated carbocycles. The van der Waals surface area contributed by atoms with Gasteiger partial charge in [0, 0.05) is 28.2 Å². The van der Waals surface area contributed by atoms with E-state index in [4.69, 9.17) is 11.6 Å². The number of nitrogens with one attached hydrogen (secondary N) is 2. The average molecular weight is 521 g/mol. The van der Waals surface area contributed by atoms with Gasteiger partial charge in [-0.3, -0.25) is 4.79 Å². The van der Waals surface area contributed by atoms with E-state index in [-0.39, 0.29) is 11.7 Å². The number of hydrazone groups is 1. The van der Waals surface area contributed by atoms with E-state index < -0.39 is 5.25 Å². The van der Waals surface area contributed by atoms with Gasteiger partial charge in [0.1, 0.15) is 5.75 Å². The van der Waals surface area contributed by atoms with Crippen molar-refractivity contribution in [3.63, 3.8) is 0 Å². The summed E-state index contributed by atoms with van der Waals surface area (Å²) in [6.07, 6.45) is 3.11. The fraction of sp³-hybridized carbons (Fsp3) is 0.154. The Labute approximate surface area is 218 Å². The van der Waals surface area contributed by atoms with E-state index >= 15 is 0 Å². The number of allylic oxidation sites excluding steroid dienone is 1. The van der Waals surface area contributed by atoms with Gasteiger partial charge in [-0.1, -0.05) is 65.8 Å². The van der Waals surface area contributed by atoms with E-state index in [2.05, 4.69) is 50.8 Å². The molecule has 1 aromatic heterocycles. The second-order valence-corrected chi connectivity index (χ2v) is 9.62. The van der Waals surface area contributed by atoms with Crippen LogP contribution in [0.1, 0.15) is 18.3 Å². The van der Waals surface area contributed by atoms with E-state index in [1.54, 1.807) is 25.1 Å². The van der Waals surface area contributed by atoms with Gasteiger partial charge in [0.25, 0.3) is 5.91 Å². The number of carbonyl (C=O) groups is 1. The van der Waals surface area contributed by atoms with Crippen LogP contribution in [0.3, 0.4) is 0 Å². The standard InChI is InChI=1S/C26H25ClN6O2S/c1-3-13-33-24(16-28-22-10-6-8-18-7-4-5-9-21(18)22)30-32-26(33)36-17(2)25(35)31-29-15-19-14-20(27)11-12-23(19)34/h3-12,14-15,17,28,34H,1,13,16H2,2H3,(H,31,35)/b29-15+. The number of aromatic nitrogens is 3. The molecule has 3 aromatic carbocycles. The number of rotatable bonds is 10. The average Bonchev–Trinajstić information content (AvgIpc) is 3.25. The molecule has 0 aliphatic carbocycles. The number of carbonyl (C=O) groups excluding carboxylic acids is 1. The number of aromatic hydroxyl groups is 1. The zero-order valence-corrected chi connectivity index (χ0v) is 21.1. The lowest BCUT2D eigenvalue weighted by atomic mass is 10.1. The summed E-state index contributed by atoms with van der Waals surface area (Å²) in [5.41, 5.74) is 3.89. The fourth-order valence-electron chi connectivity index (χ4n) is 3.50. The van der Waals surface area contributed by atoms with Gasteiger partial charge in [0.15, 0.2) is 11.0 Å². The SMILES string of the molecule is C=CCn1c(CNc2cccc3ccccc23)nnc1SC(C)C(=O)N/N=C/c1cc(Cl)ccc1O. The van der Waals surface area contributed by atoms with Crippen molar-refractivity contribution >= 4 is 51.9 Å². The molecule has 1 atom stereocenters. The molecule has 0 radical (unpaired) electrons. The summed E-state index contributed by atoms with van der Waals surface area (Å²) in [5.74, 6) is 0.427. The number of thioether (sulfide) groups is 1. The maximum atomic E-state index is 12.6. The smallest absolute Gasteiger partial charge is 0.253 e. The lowest BCUT2D eigenvalue weighted by Gasteiger charge is -2.13. The molecule has 10 heteroatoms.